The van der Waals surface area contributed by atoms with Crippen LogP contribution >= 0.6 is 11.8 Å². The summed E-state index contributed by atoms with van der Waals surface area (Å²) in [6.45, 7) is 1.64. The average molecular weight is 295 g/mol. The zero-order chi connectivity index (χ0) is 14.9. The lowest BCUT2D eigenvalue weighted by molar-refractivity contribution is -0.387. The molecule has 9 nitrogen and oxygen atoms in total. The van der Waals surface area contributed by atoms with Gasteiger partial charge in [0.1, 0.15) is 5.82 Å². The predicted octanol–water partition coefficient (Wildman–Crippen LogP) is 1.06. The quantitative estimate of drug-likeness (QED) is 0.485. The van der Waals surface area contributed by atoms with Crippen molar-refractivity contribution in [1.29, 1.82) is 0 Å². The Morgan fingerprint density at radius 2 is 2.20 bits per heavy atom. The van der Waals surface area contributed by atoms with Crippen molar-refractivity contribution >= 4 is 23.4 Å². The largest absolute Gasteiger partial charge is 0.478 e. The van der Waals surface area contributed by atoms with Crippen LogP contribution in [0.25, 0.3) is 0 Å². The highest BCUT2D eigenvalue weighted by molar-refractivity contribution is 7.99. The summed E-state index contributed by atoms with van der Waals surface area (Å²) in [5, 5.41) is 27.6. The van der Waals surface area contributed by atoms with Gasteiger partial charge in [-0.25, -0.2) is 9.47 Å². The number of carboxylic acid groups (broad SMARTS) is 1. The molecule has 104 valence electrons. The molecule has 0 aliphatic carbocycles. The molecule has 0 spiro atoms. The second kappa shape index (κ2) is 5.17. The Kier molecular flexibility index (Phi) is 3.57. The lowest BCUT2D eigenvalue weighted by Gasteiger charge is -2.03. The second-order valence-corrected chi connectivity index (χ2v) is 4.76. The molecule has 0 saturated heterocycles. The zero-order valence-electron chi connectivity index (χ0n) is 10.2. The van der Waals surface area contributed by atoms with Gasteiger partial charge in [-0.05, 0) is 30.8 Å². The maximum atomic E-state index is 11.0. The molecule has 0 aliphatic rings. The number of nitro groups is 1. The first-order valence-corrected chi connectivity index (χ1v) is 6.08. The number of hydrogen-bond donors (Lipinski definition) is 2. The van der Waals surface area contributed by atoms with Gasteiger partial charge in [0.15, 0.2) is 0 Å². The molecule has 0 bridgehead atoms. The maximum Gasteiger partial charge on any atom is 0.335 e. The van der Waals surface area contributed by atoms with Crippen LogP contribution in [0.15, 0.2) is 28.3 Å². The van der Waals surface area contributed by atoms with E-state index in [-0.39, 0.29) is 21.3 Å². The maximum absolute atomic E-state index is 11.0. The third-order valence-electron chi connectivity index (χ3n) is 2.44. The van der Waals surface area contributed by atoms with Crippen molar-refractivity contribution in [2.45, 2.75) is 17.0 Å². The minimum absolute atomic E-state index is 0.161. The zero-order valence-corrected chi connectivity index (χ0v) is 11.0. The molecule has 1 aromatic heterocycles. The fourth-order valence-electron chi connectivity index (χ4n) is 1.40. The van der Waals surface area contributed by atoms with Crippen LogP contribution in [-0.4, -0.2) is 30.9 Å². The fourth-order valence-corrected chi connectivity index (χ4v) is 2.28. The Hall–Kier alpha value is -2.62. The highest BCUT2D eigenvalue weighted by Gasteiger charge is 2.20. The van der Waals surface area contributed by atoms with E-state index in [1.807, 2.05) is 0 Å². The van der Waals surface area contributed by atoms with Gasteiger partial charge in [0, 0.05) is 6.07 Å². The standard InChI is InChI=1S/C10H9N5O4S/c1-5-12-13-10(14(5)11)20-8-3-2-6(9(16)17)4-7(8)15(18)19/h2-4H,11H2,1H3,(H,16,17). The van der Waals surface area contributed by atoms with E-state index in [1.54, 1.807) is 6.92 Å². The number of nitrogen functional groups attached to an aromatic ring is 1. The summed E-state index contributed by atoms with van der Waals surface area (Å²) in [5.41, 5.74) is -0.484. The Labute approximate surface area is 116 Å². The first-order valence-electron chi connectivity index (χ1n) is 5.27. The molecular weight excluding hydrogens is 286 g/mol. The van der Waals surface area contributed by atoms with Crippen molar-refractivity contribution in [1.82, 2.24) is 14.9 Å². The normalized spacial score (nSPS) is 10.4. The lowest BCUT2D eigenvalue weighted by Crippen LogP contribution is -2.11. The number of aryl methyl sites for hydroxylation is 1. The summed E-state index contributed by atoms with van der Waals surface area (Å²) < 4.78 is 1.19. The fraction of sp³-hybridized carbons (Fsp3) is 0.100. The van der Waals surface area contributed by atoms with Gasteiger partial charge in [0.2, 0.25) is 5.16 Å². The van der Waals surface area contributed by atoms with Gasteiger partial charge < -0.3 is 10.9 Å². The Bertz CT molecular complexity index is 699. The monoisotopic (exact) mass is 295 g/mol. The van der Waals surface area contributed by atoms with Crippen molar-refractivity contribution in [3.8, 4) is 0 Å². The minimum atomic E-state index is -1.23. The van der Waals surface area contributed by atoms with Crippen molar-refractivity contribution in [2.75, 3.05) is 5.84 Å². The van der Waals surface area contributed by atoms with Gasteiger partial charge in [-0.2, -0.15) is 0 Å². The van der Waals surface area contributed by atoms with Gasteiger partial charge in [-0.1, -0.05) is 0 Å². The van der Waals surface area contributed by atoms with Crippen LogP contribution in [0.4, 0.5) is 5.69 Å². The molecule has 3 N–H and O–H groups in total. The topological polar surface area (TPSA) is 137 Å². The van der Waals surface area contributed by atoms with E-state index >= 15 is 0 Å². The van der Waals surface area contributed by atoms with E-state index in [0.717, 1.165) is 17.8 Å². The van der Waals surface area contributed by atoms with Crippen LogP contribution in [0.1, 0.15) is 16.2 Å². The molecule has 10 heteroatoms. The third kappa shape index (κ3) is 2.54. The van der Waals surface area contributed by atoms with E-state index in [9.17, 15) is 14.9 Å². The number of nitro benzene ring substituents is 1. The first-order chi connectivity index (χ1) is 9.40. The van der Waals surface area contributed by atoms with Crippen LogP contribution in [0.2, 0.25) is 0 Å². The summed E-state index contributed by atoms with van der Waals surface area (Å²) in [5.74, 6) is 4.88. The van der Waals surface area contributed by atoms with E-state index in [4.69, 9.17) is 10.9 Å². The van der Waals surface area contributed by atoms with E-state index in [1.165, 1.54) is 16.8 Å². The SMILES string of the molecule is Cc1nnc(Sc2ccc(C(=O)O)cc2[N+](=O)[O-])n1N. The van der Waals surface area contributed by atoms with Crippen molar-refractivity contribution in [3.63, 3.8) is 0 Å². The molecule has 0 radical (unpaired) electrons. The number of aromatic carboxylic acids is 1. The van der Waals surface area contributed by atoms with Crippen molar-refractivity contribution < 1.29 is 14.8 Å². The van der Waals surface area contributed by atoms with Gasteiger partial charge in [0.25, 0.3) is 5.69 Å². The summed E-state index contributed by atoms with van der Waals surface area (Å²) >= 11 is 0.940. The molecule has 2 aromatic rings. The third-order valence-corrected chi connectivity index (χ3v) is 3.46. The van der Waals surface area contributed by atoms with Gasteiger partial charge in [-0.15, -0.1) is 10.2 Å². The van der Waals surface area contributed by atoms with E-state index in [2.05, 4.69) is 10.2 Å². The summed E-state index contributed by atoms with van der Waals surface area (Å²) in [6, 6.07) is 3.62. The van der Waals surface area contributed by atoms with Crippen molar-refractivity contribution in [2.24, 2.45) is 0 Å². The number of carboxylic acids is 1. The molecule has 1 aromatic carbocycles. The van der Waals surface area contributed by atoms with Crippen molar-refractivity contribution in [3.05, 3.63) is 39.7 Å². The number of aromatic nitrogens is 3. The number of rotatable bonds is 4. The number of benzene rings is 1. The highest BCUT2D eigenvalue weighted by atomic mass is 32.2. The number of nitrogens with two attached hydrogens (primary N) is 1. The van der Waals surface area contributed by atoms with Gasteiger partial charge >= 0.3 is 5.97 Å². The van der Waals surface area contributed by atoms with Gasteiger partial charge in [-0.3, -0.25) is 10.1 Å². The summed E-state index contributed by atoms with van der Waals surface area (Å²) in [4.78, 5) is 21.4. The average Bonchev–Trinajstić information content (AvgIpc) is 2.70. The molecule has 0 atom stereocenters. The predicted molar refractivity (Wildman–Crippen MR) is 69.1 cm³/mol. The summed E-state index contributed by atoms with van der Waals surface area (Å²) in [6.07, 6.45) is 0. The second-order valence-electron chi connectivity index (χ2n) is 3.75. The smallest absolute Gasteiger partial charge is 0.335 e. The van der Waals surface area contributed by atoms with Crippen LogP contribution in [-0.2, 0) is 0 Å². The number of hydrogen-bond acceptors (Lipinski definition) is 7. The molecule has 20 heavy (non-hydrogen) atoms. The molecular formula is C10H9N5O4S. The molecule has 0 fully saturated rings. The Morgan fingerprint density at radius 3 is 2.70 bits per heavy atom. The molecule has 0 saturated carbocycles. The molecule has 1 heterocycles. The molecule has 2 rings (SSSR count). The molecule has 0 unspecified atom stereocenters. The highest BCUT2D eigenvalue weighted by Crippen LogP contribution is 2.34. The molecule has 0 aliphatic heterocycles. The Balaban J connectivity index is 2.43. The Morgan fingerprint density at radius 1 is 1.50 bits per heavy atom. The lowest BCUT2D eigenvalue weighted by atomic mass is 10.2. The molecule has 0 amide bonds. The van der Waals surface area contributed by atoms with Crippen LogP contribution in [0, 0.1) is 17.0 Å². The number of carbonyl (C=O) groups is 1. The minimum Gasteiger partial charge on any atom is -0.478 e. The van der Waals surface area contributed by atoms with Crippen LogP contribution in [0.3, 0.4) is 0 Å². The van der Waals surface area contributed by atoms with E-state index in [0.29, 0.717) is 5.82 Å². The van der Waals surface area contributed by atoms with Crippen LogP contribution < -0.4 is 5.84 Å². The first kappa shape index (κ1) is 13.8. The van der Waals surface area contributed by atoms with Gasteiger partial charge in [0.05, 0.1) is 15.4 Å². The van der Waals surface area contributed by atoms with Crippen LogP contribution in [0.5, 0.6) is 0 Å². The van der Waals surface area contributed by atoms with E-state index < -0.39 is 10.9 Å². The number of nitrogens with zero attached hydrogens (tertiary/aromatic N) is 4. The summed E-state index contributed by atoms with van der Waals surface area (Å²) in [7, 11) is 0.